The third-order valence-corrected chi connectivity index (χ3v) is 1.19. The van der Waals surface area contributed by atoms with Crippen LogP contribution in [-0.2, 0) is 14.3 Å². The summed E-state index contributed by atoms with van der Waals surface area (Å²) >= 11 is 0. The first kappa shape index (κ1) is 13.5. The van der Waals surface area contributed by atoms with E-state index >= 15 is 0 Å². The second-order valence-electron chi connectivity index (χ2n) is 2.85. The van der Waals surface area contributed by atoms with Gasteiger partial charge in [-0.1, -0.05) is 0 Å². The Morgan fingerprint density at radius 1 is 1.33 bits per heavy atom. The molecule has 0 aromatic carbocycles. The minimum atomic E-state index is -5.22. The topological polar surface area (TPSA) is 63.6 Å². The van der Waals surface area contributed by atoms with Crippen LogP contribution in [0.3, 0.4) is 0 Å². The number of alkyl halides is 3. The second kappa shape index (κ2) is 4.81. The fourth-order valence-electron chi connectivity index (χ4n) is 0.558. The average molecular weight is 226 g/mol. The first-order chi connectivity index (χ1) is 6.66. The van der Waals surface area contributed by atoms with Crippen molar-refractivity contribution in [2.75, 3.05) is 0 Å². The van der Waals surface area contributed by atoms with E-state index in [0.717, 1.165) is 0 Å². The Balaban J connectivity index is 4.92. The van der Waals surface area contributed by atoms with Gasteiger partial charge in [0.25, 0.3) is 5.78 Å². The van der Waals surface area contributed by atoms with Crippen molar-refractivity contribution in [3.8, 4) is 0 Å². The van der Waals surface area contributed by atoms with E-state index in [2.05, 4.69) is 4.74 Å². The van der Waals surface area contributed by atoms with Crippen LogP contribution in [0, 0.1) is 0 Å². The number of ketones is 1. The third-order valence-electron chi connectivity index (χ3n) is 1.19. The SMILES string of the molecule is CC(C)OC=C(C(=O)O)C(=O)C(F)(F)F. The van der Waals surface area contributed by atoms with Crippen LogP contribution in [0.25, 0.3) is 0 Å². The fourth-order valence-corrected chi connectivity index (χ4v) is 0.558. The van der Waals surface area contributed by atoms with E-state index in [1.54, 1.807) is 0 Å². The lowest BCUT2D eigenvalue weighted by atomic mass is 10.2. The largest absolute Gasteiger partial charge is 0.498 e. The molecule has 0 aromatic heterocycles. The summed E-state index contributed by atoms with van der Waals surface area (Å²) in [6.07, 6.45) is -5.42. The van der Waals surface area contributed by atoms with Gasteiger partial charge in [0.2, 0.25) is 0 Å². The van der Waals surface area contributed by atoms with Gasteiger partial charge in [0.05, 0.1) is 6.10 Å². The minimum Gasteiger partial charge on any atom is -0.498 e. The quantitative estimate of drug-likeness (QED) is 0.341. The van der Waals surface area contributed by atoms with Crippen molar-refractivity contribution in [1.82, 2.24) is 0 Å². The number of halogens is 3. The van der Waals surface area contributed by atoms with Gasteiger partial charge in [-0.25, -0.2) is 4.79 Å². The van der Waals surface area contributed by atoms with Crippen LogP contribution in [0.1, 0.15) is 13.8 Å². The molecule has 0 amide bonds. The maximum atomic E-state index is 11.9. The predicted octanol–water partition coefficient (Wildman–Crippen LogP) is 1.51. The van der Waals surface area contributed by atoms with E-state index in [0.29, 0.717) is 6.26 Å². The van der Waals surface area contributed by atoms with Gasteiger partial charge in [-0.15, -0.1) is 0 Å². The van der Waals surface area contributed by atoms with Gasteiger partial charge in [0.1, 0.15) is 11.8 Å². The number of rotatable bonds is 4. The molecule has 0 fully saturated rings. The number of aliphatic carboxylic acids is 1. The van der Waals surface area contributed by atoms with E-state index in [-0.39, 0.29) is 0 Å². The highest BCUT2D eigenvalue weighted by Crippen LogP contribution is 2.21. The molecule has 0 radical (unpaired) electrons. The third kappa shape index (κ3) is 4.48. The molecule has 0 aliphatic carbocycles. The number of carbonyl (C=O) groups is 2. The molecule has 15 heavy (non-hydrogen) atoms. The number of carboxylic acid groups (broad SMARTS) is 1. The molecule has 4 nitrogen and oxygen atoms in total. The van der Waals surface area contributed by atoms with E-state index in [1.807, 2.05) is 0 Å². The molecule has 0 rings (SSSR count). The number of Topliss-reactive ketones (excluding diaryl/α,β-unsaturated/α-hetero) is 1. The summed E-state index contributed by atoms with van der Waals surface area (Å²) in [6.45, 7) is 2.96. The molecule has 7 heteroatoms. The number of carbonyl (C=O) groups excluding carboxylic acids is 1. The van der Waals surface area contributed by atoms with Crippen LogP contribution in [0.5, 0.6) is 0 Å². The van der Waals surface area contributed by atoms with Gasteiger partial charge in [0, 0.05) is 0 Å². The normalized spacial score (nSPS) is 12.8. The van der Waals surface area contributed by atoms with E-state index in [4.69, 9.17) is 5.11 Å². The number of carboxylic acids is 1. The van der Waals surface area contributed by atoms with Crippen LogP contribution in [0.2, 0.25) is 0 Å². The first-order valence-corrected chi connectivity index (χ1v) is 3.86. The molecule has 0 unspecified atom stereocenters. The first-order valence-electron chi connectivity index (χ1n) is 3.86. The molecular formula is C8H9F3O4. The molecule has 0 aromatic rings. The highest BCUT2D eigenvalue weighted by Gasteiger charge is 2.43. The Hall–Kier alpha value is -1.53. The van der Waals surface area contributed by atoms with Crippen LogP contribution in [0.15, 0.2) is 11.8 Å². The Morgan fingerprint density at radius 2 is 1.80 bits per heavy atom. The monoisotopic (exact) mass is 226 g/mol. The average Bonchev–Trinajstić information content (AvgIpc) is 2.01. The molecule has 0 saturated carbocycles. The lowest BCUT2D eigenvalue weighted by molar-refractivity contribution is -0.168. The Bertz CT molecular complexity index is 291. The summed E-state index contributed by atoms with van der Waals surface area (Å²) < 4.78 is 40.1. The van der Waals surface area contributed by atoms with Crippen molar-refractivity contribution in [2.45, 2.75) is 26.1 Å². The van der Waals surface area contributed by atoms with E-state index in [9.17, 15) is 22.8 Å². The lowest BCUT2D eigenvalue weighted by Gasteiger charge is -2.08. The molecule has 0 heterocycles. The van der Waals surface area contributed by atoms with Crippen molar-refractivity contribution in [3.05, 3.63) is 11.8 Å². The summed E-state index contributed by atoms with van der Waals surface area (Å²) in [5.74, 6) is -4.41. The van der Waals surface area contributed by atoms with Gasteiger partial charge < -0.3 is 9.84 Å². The minimum absolute atomic E-state index is 0.308. The van der Waals surface area contributed by atoms with Gasteiger partial charge in [0.15, 0.2) is 0 Å². The zero-order valence-electron chi connectivity index (χ0n) is 7.96. The fraction of sp³-hybridized carbons (Fsp3) is 0.500. The summed E-state index contributed by atoms with van der Waals surface area (Å²) in [7, 11) is 0. The predicted molar refractivity (Wildman–Crippen MR) is 43.0 cm³/mol. The summed E-state index contributed by atoms with van der Waals surface area (Å²) in [5.41, 5.74) is -1.43. The van der Waals surface area contributed by atoms with Crippen molar-refractivity contribution in [1.29, 1.82) is 0 Å². The molecule has 1 N–H and O–H groups in total. The van der Waals surface area contributed by atoms with Crippen LogP contribution < -0.4 is 0 Å². The lowest BCUT2D eigenvalue weighted by Crippen LogP contribution is -2.28. The van der Waals surface area contributed by atoms with Crippen LogP contribution in [0.4, 0.5) is 13.2 Å². The smallest absolute Gasteiger partial charge is 0.455 e. The van der Waals surface area contributed by atoms with Gasteiger partial charge in [-0.2, -0.15) is 13.2 Å². The Kier molecular flexibility index (Phi) is 4.32. The molecule has 0 bridgehead atoms. The van der Waals surface area contributed by atoms with Gasteiger partial charge in [-0.3, -0.25) is 4.79 Å². The standard InChI is InChI=1S/C8H9F3O4/c1-4(2)15-3-5(7(13)14)6(12)8(9,10)11/h3-4H,1-2H3,(H,13,14). The molecular weight excluding hydrogens is 217 g/mol. The van der Waals surface area contributed by atoms with E-state index in [1.165, 1.54) is 13.8 Å². The number of ether oxygens (including phenoxy) is 1. The zero-order valence-corrected chi connectivity index (χ0v) is 7.96. The highest BCUT2D eigenvalue weighted by atomic mass is 19.4. The van der Waals surface area contributed by atoms with Crippen molar-refractivity contribution in [3.63, 3.8) is 0 Å². The molecule has 86 valence electrons. The van der Waals surface area contributed by atoms with Crippen molar-refractivity contribution in [2.24, 2.45) is 0 Å². The van der Waals surface area contributed by atoms with Gasteiger partial charge >= 0.3 is 12.1 Å². The van der Waals surface area contributed by atoms with E-state index < -0.39 is 29.6 Å². The van der Waals surface area contributed by atoms with Crippen LogP contribution >= 0.6 is 0 Å². The van der Waals surface area contributed by atoms with Gasteiger partial charge in [-0.05, 0) is 13.8 Å². The Labute approximate surface area is 83.3 Å². The molecule has 0 atom stereocenters. The Morgan fingerprint density at radius 3 is 2.07 bits per heavy atom. The maximum absolute atomic E-state index is 11.9. The summed E-state index contributed by atoms with van der Waals surface area (Å²) in [4.78, 5) is 20.9. The number of hydrogen-bond donors (Lipinski definition) is 1. The second-order valence-corrected chi connectivity index (χ2v) is 2.85. The summed E-state index contributed by atoms with van der Waals surface area (Å²) in [5, 5.41) is 8.35. The maximum Gasteiger partial charge on any atom is 0.455 e. The number of hydrogen-bond acceptors (Lipinski definition) is 3. The van der Waals surface area contributed by atoms with Crippen molar-refractivity contribution >= 4 is 11.8 Å². The zero-order chi connectivity index (χ0) is 12.2. The molecule has 0 spiro atoms. The molecule has 0 aliphatic rings. The van der Waals surface area contributed by atoms with Crippen molar-refractivity contribution < 1.29 is 32.6 Å². The van der Waals surface area contributed by atoms with Crippen LogP contribution in [-0.4, -0.2) is 29.1 Å². The molecule has 0 saturated heterocycles. The molecule has 0 aliphatic heterocycles. The highest BCUT2D eigenvalue weighted by molar-refractivity contribution is 6.18. The summed E-state index contributed by atoms with van der Waals surface area (Å²) in [6, 6.07) is 0.